The highest BCUT2D eigenvalue weighted by atomic mass is 32.2. The molecule has 7 nitrogen and oxygen atoms in total. The second-order valence-corrected chi connectivity index (χ2v) is 9.88. The minimum Gasteiger partial charge on any atom is -0.444 e. The van der Waals surface area contributed by atoms with Gasteiger partial charge in [0.1, 0.15) is 5.76 Å². The van der Waals surface area contributed by atoms with Crippen LogP contribution in [0.3, 0.4) is 0 Å². The summed E-state index contributed by atoms with van der Waals surface area (Å²) in [6.45, 7) is 10.1. The van der Waals surface area contributed by atoms with E-state index in [0.717, 1.165) is 29.6 Å². The molecule has 27 heavy (non-hydrogen) atoms. The van der Waals surface area contributed by atoms with Gasteiger partial charge in [-0.25, -0.2) is 14.8 Å². The van der Waals surface area contributed by atoms with Crippen molar-refractivity contribution in [2.75, 3.05) is 31.5 Å². The second kappa shape index (κ2) is 9.07. The van der Waals surface area contributed by atoms with Crippen molar-refractivity contribution in [1.29, 1.82) is 0 Å². The zero-order valence-electron chi connectivity index (χ0n) is 16.1. The summed E-state index contributed by atoms with van der Waals surface area (Å²) in [6, 6.07) is -0.206. The molecule has 0 saturated carbocycles. The molecular formula is C18H27N5O2S2. The first kappa shape index (κ1) is 20.2. The molecule has 9 heteroatoms. The van der Waals surface area contributed by atoms with Crippen molar-refractivity contribution < 1.29 is 9.21 Å². The quantitative estimate of drug-likeness (QED) is 0.674. The standard InChI is InChI=1S/C18H27N5O2S2/c1-18(2,3)13-10-20-14(25-13)12-26-15-11-21-17(27-15)22-16(24)19-6-9-23-7-4-5-8-23/h10-11H,4-9,12H2,1-3H3,(H2,19,21,22,24). The molecule has 0 aromatic carbocycles. The number of urea groups is 1. The van der Waals surface area contributed by atoms with Gasteiger partial charge in [-0.05, 0) is 25.9 Å². The highest BCUT2D eigenvalue weighted by Gasteiger charge is 2.19. The third-order valence-electron chi connectivity index (χ3n) is 4.25. The Morgan fingerprint density at radius 1 is 1.30 bits per heavy atom. The zero-order chi connectivity index (χ0) is 19.3. The number of carbonyl (C=O) groups excluding carboxylic acids is 1. The Labute approximate surface area is 168 Å². The molecule has 0 aliphatic carbocycles. The first-order valence-electron chi connectivity index (χ1n) is 9.21. The molecule has 3 rings (SSSR count). The number of hydrogen-bond donors (Lipinski definition) is 2. The molecule has 0 unspecified atom stereocenters. The Hall–Kier alpha value is -1.58. The van der Waals surface area contributed by atoms with Crippen molar-refractivity contribution in [3.63, 3.8) is 0 Å². The number of aromatic nitrogens is 2. The number of hydrogen-bond acceptors (Lipinski definition) is 7. The van der Waals surface area contributed by atoms with E-state index in [9.17, 15) is 4.79 Å². The van der Waals surface area contributed by atoms with Crippen LogP contribution in [0.2, 0.25) is 0 Å². The van der Waals surface area contributed by atoms with Crippen molar-refractivity contribution in [1.82, 2.24) is 20.2 Å². The molecule has 1 fully saturated rings. The van der Waals surface area contributed by atoms with Crippen LogP contribution in [-0.4, -0.2) is 47.1 Å². The van der Waals surface area contributed by atoms with E-state index in [-0.39, 0.29) is 11.4 Å². The number of oxazole rings is 1. The molecule has 2 amide bonds. The SMILES string of the molecule is CC(C)(C)c1cnc(CSc2cnc(NC(=O)NCCN3CCCC3)s2)o1. The lowest BCUT2D eigenvalue weighted by Gasteiger charge is -2.14. The van der Waals surface area contributed by atoms with Crippen LogP contribution < -0.4 is 10.6 Å². The zero-order valence-corrected chi connectivity index (χ0v) is 17.7. The van der Waals surface area contributed by atoms with Gasteiger partial charge in [-0.1, -0.05) is 32.1 Å². The molecule has 0 radical (unpaired) electrons. The summed E-state index contributed by atoms with van der Waals surface area (Å²) >= 11 is 3.05. The van der Waals surface area contributed by atoms with Crippen LogP contribution in [0.15, 0.2) is 21.0 Å². The van der Waals surface area contributed by atoms with Gasteiger partial charge in [0.15, 0.2) is 5.13 Å². The van der Waals surface area contributed by atoms with Crippen LogP contribution in [-0.2, 0) is 11.2 Å². The highest BCUT2D eigenvalue weighted by molar-refractivity contribution is 8.00. The Kier molecular flexibility index (Phi) is 6.78. The van der Waals surface area contributed by atoms with Gasteiger partial charge < -0.3 is 14.6 Å². The lowest BCUT2D eigenvalue weighted by molar-refractivity contribution is 0.249. The maximum atomic E-state index is 12.0. The number of nitrogens with zero attached hydrogens (tertiary/aromatic N) is 3. The van der Waals surface area contributed by atoms with Crippen LogP contribution in [0.25, 0.3) is 0 Å². The second-order valence-electron chi connectivity index (χ2n) is 7.57. The lowest BCUT2D eigenvalue weighted by Crippen LogP contribution is -2.35. The predicted molar refractivity (Wildman–Crippen MR) is 110 cm³/mol. The predicted octanol–water partition coefficient (Wildman–Crippen LogP) is 3.94. The van der Waals surface area contributed by atoms with Gasteiger partial charge in [0.25, 0.3) is 0 Å². The highest BCUT2D eigenvalue weighted by Crippen LogP contribution is 2.31. The number of anilines is 1. The van der Waals surface area contributed by atoms with E-state index in [0.29, 0.717) is 23.3 Å². The number of rotatable bonds is 7. The molecule has 3 heterocycles. The topological polar surface area (TPSA) is 83.3 Å². The van der Waals surface area contributed by atoms with E-state index >= 15 is 0 Å². The molecule has 1 aliphatic rings. The Morgan fingerprint density at radius 3 is 2.78 bits per heavy atom. The van der Waals surface area contributed by atoms with Gasteiger partial charge in [-0.2, -0.15) is 0 Å². The van der Waals surface area contributed by atoms with Crippen LogP contribution in [0.4, 0.5) is 9.93 Å². The van der Waals surface area contributed by atoms with Gasteiger partial charge in [-0.3, -0.25) is 5.32 Å². The van der Waals surface area contributed by atoms with E-state index in [1.54, 1.807) is 24.2 Å². The summed E-state index contributed by atoms with van der Waals surface area (Å²) in [6.07, 6.45) is 6.08. The molecule has 148 valence electrons. The smallest absolute Gasteiger partial charge is 0.321 e. The molecule has 2 aromatic heterocycles. The fourth-order valence-electron chi connectivity index (χ4n) is 2.72. The molecule has 0 bridgehead atoms. The van der Waals surface area contributed by atoms with E-state index in [1.807, 2.05) is 0 Å². The molecule has 0 spiro atoms. The minimum atomic E-state index is -0.206. The molecule has 2 aromatic rings. The maximum absolute atomic E-state index is 12.0. The summed E-state index contributed by atoms with van der Waals surface area (Å²) in [5.41, 5.74) is -0.0420. The van der Waals surface area contributed by atoms with Gasteiger partial charge in [-0.15, -0.1) is 11.8 Å². The van der Waals surface area contributed by atoms with Crippen LogP contribution >= 0.6 is 23.1 Å². The third kappa shape index (κ3) is 6.22. The molecule has 1 aliphatic heterocycles. The first-order chi connectivity index (χ1) is 12.9. The number of carbonyl (C=O) groups is 1. The van der Waals surface area contributed by atoms with Crippen LogP contribution in [0, 0.1) is 0 Å². The average Bonchev–Trinajstić information content (AvgIpc) is 3.34. The Balaban J connectivity index is 1.40. The fraction of sp³-hybridized carbons (Fsp3) is 0.611. The largest absolute Gasteiger partial charge is 0.444 e. The first-order valence-corrected chi connectivity index (χ1v) is 11.0. The number of likely N-dealkylation sites (tertiary alicyclic amines) is 1. The normalized spacial score (nSPS) is 15.2. The summed E-state index contributed by atoms with van der Waals surface area (Å²) in [7, 11) is 0. The fourth-order valence-corrected chi connectivity index (χ4v) is 4.44. The number of thioether (sulfide) groups is 1. The summed E-state index contributed by atoms with van der Waals surface area (Å²) in [5.74, 6) is 2.22. The summed E-state index contributed by atoms with van der Waals surface area (Å²) in [5, 5.41) is 6.28. The van der Waals surface area contributed by atoms with E-state index < -0.39 is 0 Å². The Morgan fingerprint density at radius 2 is 2.07 bits per heavy atom. The van der Waals surface area contributed by atoms with Crippen molar-refractivity contribution >= 4 is 34.3 Å². The summed E-state index contributed by atoms with van der Waals surface area (Å²) < 4.78 is 6.81. The number of thiazole rings is 1. The van der Waals surface area contributed by atoms with Crippen LogP contribution in [0.5, 0.6) is 0 Å². The van der Waals surface area contributed by atoms with Crippen molar-refractivity contribution in [3.8, 4) is 0 Å². The molecule has 1 saturated heterocycles. The van der Waals surface area contributed by atoms with Gasteiger partial charge in [0.05, 0.1) is 22.4 Å². The average molecular weight is 410 g/mol. The maximum Gasteiger partial charge on any atom is 0.321 e. The van der Waals surface area contributed by atoms with Crippen molar-refractivity contribution in [3.05, 3.63) is 24.0 Å². The monoisotopic (exact) mass is 409 g/mol. The third-order valence-corrected chi connectivity index (χ3v) is 6.34. The molecule has 0 atom stereocenters. The number of amides is 2. The van der Waals surface area contributed by atoms with Gasteiger partial charge in [0.2, 0.25) is 5.89 Å². The van der Waals surface area contributed by atoms with E-state index in [2.05, 4.69) is 46.3 Å². The summed E-state index contributed by atoms with van der Waals surface area (Å²) in [4.78, 5) is 22.9. The minimum absolute atomic E-state index is 0.0420. The molecular weight excluding hydrogens is 382 g/mol. The molecule has 2 N–H and O–H groups in total. The van der Waals surface area contributed by atoms with E-state index in [4.69, 9.17) is 4.42 Å². The lowest BCUT2D eigenvalue weighted by atomic mass is 9.94. The van der Waals surface area contributed by atoms with Crippen molar-refractivity contribution in [2.24, 2.45) is 0 Å². The van der Waals surface area contributed by atoms with Crippen molar-refractivity contribution in [2.45, 2.75) is 49.0 Å². The van der Waals surface area contributed by atoms with Gasteiger partial charge in [0, 0.05) is 18.5 Å². The Bertz CT molecular complexity index is 747. The van der Waals surface area contributed by atoms with Crippen LogP contribution in [0.1, 0.15) is 45.3 Å². The van der Waals surface area contributed by atoms with E-state index in [1.165, 1.54) is 24.2 Å². The van der Waals surface area contributed by atoms with Gasteiger partial charge >= 0.3 is 6.03 Å². The number of nitrogens with one attached hydrogen (secondary N) is 2.